The quantitative estimate of drug-likeness (QED) is 0.794. The average Bonchev–Trinajstić information content (AvgIpc) is 2.38. The van der Waals surface area contributed by atoms with Gasteiger partial charge >= 0.3 is 0 Å². The van der Waals surface area contributed by atoms with Gasteiger partial charge in [-0.1, -0.05) is 13.0 Å². The first kappa shape index (κ1) is 12.8. The number of nitriles is 1. The zero-order valence-electron chi connectivity index (χ0n) is 11.3. The highest BCUT2D eigenvalue weighted by Crippen LogP contribution is 2.24. The largest absolute Gasteiger partial charge is 0.356 e. The number of hydrogen-bond donors (Lipinski definition) is 0. The number of rotatable bonds is 2. The SMILES string of the molecule is CC1CN(C)CCC1N(C)c1cccc(C#N)n1. The van der Waals surface area contributed by atoms with Crippen LogP contribution < -0.4 is 4.90 Å². The van der Waals surface area contributed by atoms with Gasteiger partial charge in [0, 0.05) is 19.6 Å². The molecule has 0 aromatic carbocycles. The molecule has 96 valence electrons. The zero-order chi connectivity index (χ0) is 13.1. The molecule has 2 heterocycles. The first-order valence-electron chi connectivity index (χ1n) is 6.40. The van der Waals surface area contributed by atoms with E-state index >= 15 is 0 Å². The summed E-state index contributed by atoms with van der Waals surface area (Å²) in [5.74, 6) is 1.51. The van der Waals surface area contributed by atoms with Gasteiger partial charge in [0.15, 0.2) is 0 Å². The van der Waals surface area contributed by atoms with Crippen LogP contribution in [-0.4, -0.2) is 43.1 Å². The maximum absolute atomic E-state index is 8.90. The maximum Gasteiger partial charge on any atom is 0.142 e. The Hall–Kier alpha value is -1.60. The molecule has 1 saturated heterocycles. The second-order valence-corrected chi connectivity index (χ2v) is 5.20. The molecule has 0 amide bonds. The first-order chi connectivity index (χ1) is 8.61. The highest BCUT2D eigenvalue weighted by molar-refractivity contribution is 5.42. The molecule has 4 nitrogen and oxygen atoms in total. The fraction of sp³-hybridized carbons (Fsp3) is 0.571. The highest BCUT2D eigenvalue weighted by Gasteiger charge is 2.28. The number of piperidine rings is 1. The van der Waals surface area contributed by atoms with E-state index in [1.807, 2.05) is 12.1 Å². The maximum atomic E-state index is 8.90. The molecule has 0 radical (unpaired) electrons. The lowest BCUT2D eigenvalue weighted by molar-refractivity contribution is 0.193. The minimum absolute atomic E-state index is 0.486. The van der Waals surface area contributed by atoms with Gasteiger partial charge < -0.3 is 9.80 Å². The minimum Gasteiger partial charge on any atom is -0.356 e. The van der Waals surface area contributed by atoms with E-state index in [0.29, 0.717) is 17.7 Å². The molecule has 0 aliphatic carbocycles. The summed E-state index contributed by atoms with van der Waals surface area (Å²) in [5.41, 5.74) is 0.486. The predicted molar refractivity (Wildman–Crippen MR) is 72.4 cm³/mol. The molecule has 2 atom stereocenters. The lowest BCUT2D eigenvalue weighted by Gasteiger charge is -2.40. The van der Waals surface area contributed by atoms with E-state index in [-0.39, 0.29) is 0 Å². The molecule has 0 bridgehead atoms. The summed E-state index contributed by atoms with van der Waals surface area (Å²) < 4.78 is 0. The van der Waals surface area contributed by atoms with Gasteiger partial charge in [0.2, 0.25) is 0 Å². The van der Waals surface area contributed by atoms with Crippen molar-refractivity contribution in [1.82, 2.24) is 9.88 Å². The first-order valence-corrected chi connectivity index (χ1v) is 6.40. The van der Waals surface area contributed by atoms with Crippen LogP contribution in [0.25, 0.3) is 0 Å². The molecule has 1 fully saturated rings. The fourth-order valence-corrected chi connectivity index (χ4v) is 2.77. The number of likely N-dealkylation sites (tertiary alicyclic amines) is 1. The molecule has 1 aliphatic rings. The van der Waals surface area contributed by atoms with Crippen molar-refractivity contribution in [3.8, 4) is 6.07 Å². The van der Waals surface area contributed by atoms with Crippen LogP contribution in [0.15, 0.2) is 18.2 Å². The molecule has 1 aromatic rings. The van der Waals surface area contributed by atoms with E-state index in [2.05, 4.69) is 41.9 Å². The molecular formula is C14H20N4. The van der Waals surface area contributed by atoms with Crippen LogP contribution in [0.1, 0.15) is 19.0 Å². The molecule has 2 rings (SSSR count). The van der Waals surface area contributed by atoms with Crippen molar-refractivity contribution in [2.75, 3.05) is 32.1 Å². The van der Waals surface area contributed by atoms with Crippen molar-refractivity contribution in [2.24, 2.45) is 5.92 Å². The molecule has 4 heteroatoms. The third-order valence-corrected chi connectivity index (χ3v) is 3.77. The average molecular weight is 244 g/mol. The molecule has 1 aliphatic heterocycles. The smallest absolute Gasteiger partial charge is 0.142 e. The van der Waals surface area contributed by atoms with Crippen LogP contribution in [0.4, 0.5) is 5.82 Å². The number of hydrogen-bond acceptors (Lipinski definition) is 4. The number of pyridine rings is 1. The van der Waals surface area contributed by atoms with Crippen LogP contribution in [0.5, 0.6) is 0 Å². The van der Waals surface area contributed by atoms with Crippen LogP contribution in [0.3, 0.4) is 0 Å². The van der Waals surface area contributed by atoms with Gasteiger partial charge in [-0.2, -0.15) is 5.26 Å². The van der Waals surface area contributed by atoms with Crippen LogP contribution in [0.2, 0.25) is 0 Å². The van der Waals surface area contributed by atoms with E-state index in [1.54, 1.807) is 6.07 Å². The Kier molecular flexibility index (Phi) is 3.83. The summed E-state index contributed by atoms with van der Waals surface area (Å²) in [5, 5.41) is 8.90. The summed E-state index contributed by atoms with van der Waals surface area (Å²) in [4.78, 5) is 8.96. The second-order valence-electron chi connectivity index (χ2n) is 5.20. The van der Waals surface area contributed by atoms with E-state index in [4.69, 9.17) is 5.26 Å². The third kappa shape index (κ3) is 2.62. The molecular weight excluding hydrogens is 224 g/mol. The normalized spacial score (nSPS) is 24.6. The van der Waals surface area contributed by atoms with Gasteiger partial charge in [0.05, 0.1) is 0 Å². The van der Waals surface area contributed by atoms with Gasteiger partial charge in [-0.25, -0.2) is 4.98 Å². The predicted octanol–water partition coefficient (Wildman–Crippen LogP) is 1.73. The number of aromatic nitrogens is 1. The fourth-order valence-electron chi connectivity index (χ4n) is 2.77. The van der Waals surface area contributed by atoms with Crippen molar-refractivity contribution >= 4 is 5.82 Å². The standard InChI is InChI=1S/C14H20N4/c1-11-10-17(2)8-7-13(11)18(3)14-6-4-5-12(9-15)16-14/h4-6,11,13H,7-8,10H2,1-3H3. The Balaban J connectivity index is 2.15. The lowest BCUT2D eigenvalue weighted by atomic mass is 9.93. The molecule has 1 aromatic heterocycles. The third-order valence-electron chi connectivity index (χ3n) is 3.77. The van der Waals surface area contributed by atoms with Crippen molar-refractivity contribution in [3.63, 3.8) is 0 Å². The molecule has 2 unspecified atom stereocenters. The van der Waals surface area contributed by atoms with Crippen molar-refractivity contribution in [3.05, 3.63) is 23.9 Å². The Morgan fingerprint density at radius 2 is 2.28 bits per heavy atom. The Labute approximate surface area is 109 Å². The van der Waals surface area contributed by atoms with E-state index < -0.39 is 0 Å². The Morgan fingerprint density at radius 1 is 1.50 bits per heavy atom. The van der Waals surface area contributed by atoms with Gasteiger partial charge in [-0.3, -0.25) is 0 Å². The summed E-state index contributed by atoms with van der Waals surface area (Å²) in [6.45, 7) is 4.52. The Bertz CT molecular complexity index is 451. The molecule has 0 saturated carbocycles. The molecule has 18 heavy (non-hydrogen) atoms. The van der Waals surface area contributed by atoms with Crippen molar-refractivity contribution in [2.45, 2.75) is 19.4 Å². The second kappa shape index (κ2) is 5.36. The van der Waals surface area contributed by atoms with Crippen LogP contribution >= 0.6 is 0 Å². The lowest BCUT2D eigenvalue weighted by Crippen LogP contribution is -2.48. The Morgan fingerprint density at radius 3 is 2.94 bits per heavy atom. The van der Waals surface area contributed by atoms with Crippen molar-refractivity contribution < 1.29 is 0 Å². The van der Waals surface area contributed by atoms with Crippen LogP contribution in [0, 0.1) is 17.2 Å². The van der Waals surface area contributed by atoms with Gasteiger partial charge in [0.1, 0.15) is 17.6 Å². The van der Waals surface area contributed by atoms with Gasteiger partial charge in [0.25, 0.3) is 0 Å². The van der Waals surface area contributed by atoms with Crippen molar-refractivity contribution in [1.29, 1.82) is 5.26 Å². The monoisotopic (exact) mass is 244 g/mol. The zero-order valence-corrected chi connectivity index (χ0v) is 11.3. The van der Waals surface area contributed by atoms with Gasteiger partial charge in [-0.05, 0) is 38.1 Å². The highest BCUT2D eigenvalue weighted by atomic mass is 15.2. The summed E-state index contributed by atoms with van der Waals surface area (Å²) >= 11 is 0. The minimum atomic E-state index is 0.486. The van der Waals surface area contributed by atoms with Gasteiger partial charge in [-0.15, -0.1) is 0 Å². The van der Waals surface area contributed by atoms with Crippen LogP contribution in [-0.2, 0) is 0 Å². The van der Waals surface area contributed by atoms with E-state index in [1.165, 1.54) is 0 Å². The topological polar surface area (TPSA) is 43.2 Å². The number of nitrogens with zero attached hydrogens (tertiary/aromatic N) is 4. The summed E-state index contributed by atoms with van der Waals surface area (Å²) in [6.07, 6.45) is 1.15. The summed E-state index contributed by atoms with van der Waals surface area (Å²) in [7, 11) is 4.25. The summed E-state index contributed by atoms with van der Waals surface area (Å²) in [6, 6.07) is 8.22. The van der Waals surface area contributed by atoms with E-state index in [9.17, 15) is 0 Å². The van der Waals surface area contributed by atoms with E-state index in [0.717, 1.165) is 25.3 Å². The molecule has 0 N–H and O–H groups in total. The molecule has 0 spiro atoms. The number of anilines is 1.